The van der Waals surface area contributed by atoms with Crippen molar-refractivity contribution in [3.8, 4) is 0 Å². The number of anilines is 2. The number of amides is 3. The smallest absolute Gasteiger partial charge is 0.338 e. The molecule has 0 atom stereocenters. The van der Waals surface area contributed by atoms with E-state index in [1.54, 1.807) is 44.2 Å². The van der Waals surface area contributed by atoms with Crippen molar-refractivity contribution in [2.45, 2.75) is 13.8 Å². The fourth-order valence-electron chi connectivity index (χ4n) is 2.26. The molecule has 28 heavy (non-hydrogen) atoms. The first-order chi connectivity index (χ1) is 13.4. The highest BCUT2D eigenvalue weighted by molar-refractivity contribution is 5.97. The van der Waals surface area contributed by atoms with Crippen molar-refractivity contribution in [3.63, 3.8) is 0 Å². The predicted octanol–water partition coefficient (Wildman–Crippen LogP) is 2.82. The van der Waals surface area contributed by atoms with Gasteiger partial charge in [0.1, 0.15) is 12.3 Å². The third kappa shape index (κ3) is 5.97. The van der Waals surface area contributed by atoms with Crippen LogP contribution in [-0.4, -0.2) is 47.7 Å². The molecule has 0 unspecified atom stereocenters. The molecule has 0 bridgehead atoms. The van der Waals surface area contributed by atoms with Crippen LogP contribution in [-0.2, 0) is 9.53 Å². The Bertz CT molecular complexity index is 844. The van der Waals surface area contributed by atoms with E-state index in [2.05, 4.69) is 22.4 Å². The summed E-state index contributed by atoms with van der Waals surface area (Å²) in [5.74, 6) is -0.0327. The van der Waals surface area contributed by atoms with Gasteiger partial charge in [-0.3, -0.25) is 4.79 Å². The second-order valence-corrected chi connectivity index (χ2v) is 5.77. The number of hydrogen-bond acceptors (Lipinski definition) is 6. The minimum atomic E-state index is -0.490. The minimum absolute atomic E-state index is 0.165. The molecule has 1 heterocycles. The van der Waals surface area contributed by atoms with Crippen molar-refractivity contribution in [2.24, 2.45) is 0 Å². The van der Waals surface area contributed by atoms with Gasteiger partial charge in [0.15, 0.2) is 5.82 Å². The maximum atomic E-state index is 12.5. The Morgan fingerprint density at radius 1 is 1.25 bits per heavy atom. The van der Waals surface area contributed by atoms with Crippen molar-refractivity contribution < 1.29 is 23.6 Å². The summed E-state index contributed by atoms with van der Waals surface area (Å²) in [6, 6.07) is 7.33. The summed E-state index contributed by atoms with van der Waals surface area (Å²) < 4.78 is 9.79. The standard InChI is InChI=1S/C19H22N4O5/c1-4-10-23(12-17(24)21-16-11-13(3)28-22-16)19(26)20-15-8-6-14(7-9-15)18(25)27-5-2/h4,6-9,11H,1,5,10,12H2,2-3H3,(H,20,26)(H,21,22,24). The van der Waals surface area contributed by atoms with Gasteiger partial charge in [0.2, 0.25) is 5.91 Å². The fourth-order valence-corrected chi connectivity index (χ4v) is 2.26. The summed E-state index contributed by atoms with van der Waals surface area (Å²) in [6.45, 7) is 7.27. The number of urea groups is 1. The van der Waals surface area contributed by atoms with Crippen molar-refractivity contribution in [1.82, 2.24) is 10.1 Å². The number of esters is 1. The number of carbonyl (C=O) groups is 3. The molecule has 2 N–H and O–H groups in total. The van der Waals surface area contributed by atoms with Crippen LogP contribution in [0.1, 0.15) is 23.0 Å². The van der Waals surface area contributed by atoms with Crippen LogP contribution < -0.4 is 10.6 Å². The molecule has 0 spiro atoms. The molecule has 3 amide bonds. The Labute approximate surface area is 162 Å². The zero-order chi connectivity index (χ0) is 20.5. The van der Waals surface area contributed by atoms with E-state index in [4.69, 9.17) is 9.26 Å². The second-order valence-electron chi connectivity index (χ2n) is 5.77. The summed E-state index contributed by atoms with van der Waals surface area (Å²) in [4.78, 5) is 37.6. The normalized spacial score (nSPS) is 10.1. The highest BCUT2D eigenvalue weighted by atomic mass is 16.5. The van der Waals surface area contributed by atoms with Crippen molar-refractivity contribution in [1.29, 1.82) is 0 Å². The maximum absolute atomic E-state index is 12.5. The van der Waals surface area contributed by atoms with E-state index in [9.17, 15) is 14.4 Å². The summed E-state index contributed by atoms with van der Waals surface area (Å²) in [5, 5.41) is 8.90. The van der Waals surface area contributed by atoms with Gasteiger partial charge in [-0.1, -0.05) is 11.2 Å². The molecule has 0 aliphatic rings. The molecule has 1 aromatic heterocycles. The zero-order valence-corrected chi connectivity index (χ0v) is 15.7. The number of nitrogens with one attached hydrogen (secondary N) is 2. The van der Waals surface area contributed by atoms with Crippen molar-refractivity contribution >= 4 is 29.4 Å². The van der Waals surface area contributed by atoms with E-state index in [0.29, 0.717) is 17.0 Å². The Kier molecular flexibility index (Phi) is 7.32. The SMILES string of the molecule is C=CCN(CC(=O)Nc1cc(C)on1)C(=O)Nc1ccc(C(=O)OCC)cc1. The van der Waals surface area contributed by atoms with E-state index in [1.807, 2.05) is 0 Å². The molecule has 0 radical (unpaired) electrons. The third-order valence-electron chi connectivity index (χ3n) is 3.51. The van der Waals surface area contributed by atoms with Gasteiger partial charge in [-0.25, -0.2) is 9.59 Å². The second kappa shape index (κ2) is 9.91. The number of hydrogen-bond donors (Lipinski definition) is 2. The van der Waals surface area contributed by atoms with Crippen LogP contribution in [0, 0.1) is 6.92 Å². The molecule has 9 heteroatoms. The summed E-state index contributed by atoms with van der Waals surface area (Å²) in [7, 11) is 0. The van der Waals surface area contributed by atoms with Gasteiger partial charge >= 0.3 is 12.0 Å². The maximum Gasteiger partial charge on any atom is 0.338 e. The summed E-state index contributed by atoms with van der Waals surface area (Å²) in [5.41, 5.74) is 0.852. The van der Waals surface area contributed by atoms with Gasteiger partial charge in [-0.15, -0.1) is 6.58 Å². The lowest BCUT2D eigenvalue weighted by molar-refractivity contribution is -0.116. The molecule has 148 valence electrons. The van der Waals surface area contributed by atoms with Gasteiger partial charge in [-0.2, -0.15) is 0 Å². The quantitative estimate of drug-likeness (QED) is 0.533. The van der Waals surface area contributed by atoms with E-state index in [-0.39, 0.29) is 25.5 Å². The first-order valence-electron chi connectivity index (χ1n) is 8.60. The summed E-state index contributed by atoms with van der Waals surface area (Å²) in [6.07, 6.45) is 1.51. The van der Waals surface area contributed by atoms with Crippen LogP contribution in [0.2, 0.25) is 0 Å². The molecule has 2 rings (SSSR count). The topological polar surface area (TPSA) is 114 Å². The average Bonchev–Trinajstić information content (AvgIpc) is 3.06. The Morgan fingerprint density at radius 3 is 2.54 bits per heavy atom. The van der Waals surface area contributed by atoms with E-state index >= 15 is 0 Å². The number of benzene rings is 1. The fraction of sp³-hybridized carbons (Fsp3) is 0.263. The first kappa shape index (κ1) is 20.7. The van der Waals surface area contributed by atoms with E-state index in [0.717, 1.165) is 0 Å². The third-order valence-corrected chi connectivity index (χ3v) is 3.51. The lowest BCUT2D eigenvalue weighted by Crippen LogP contribution is -2.40. The van der Waals surface area contributed by atoms with Crippen molar-refractivity contribution in [2.75, 3.05) is 30.3 Å². The van der Waals surface area contributed by atoms with Crippen LogP contribution in [0.3, 0.4) is 0 Å². The van der Waals surface area contributed by atoms with E-state index < -0.39 is 17.9 Å². The largest absolute Gasteiger partial charge is 0.462 e. The van der Waals surface area contributed by atoms with Crippen molar-refractivity contribution in [3.05, 3.63) is 54.3 Å². The Balaban J connectivity index is 1.96. The number of ether oxygens (including phenoxy) is 1. The lowest BCUT2D eigenvalue weighted by atomic mass is 10.2. The average molecular weight is 386 g/mol. The number of aryl methyl sites for hydroxylation is 1. The van der Waals surface area contributed by atoms with Crippen LogP contribution in [0.15, 0.2) is 47.5 Å². The number of aromatic nitrogens is 1. The van der Waals surface area contributed by atoms with Gasteiger partial charge in [-0.05, 0) is 38.1 Å². The van der Waals surface area contributed by atoms with Crippen LogP contribution in [0.5, 0.6) is 0 Å². The van der Waals surface area contributed by atoms with Gasteiger partial charge in [0.05, 0.1) is 12.2 Å². The number of rotatable bonds is 8. The molecule has 0 aliphatic carbocycles. The number of nitrogens with zero attached hydrogens (tertiary/aromatic N) is 2. The first-order valence-corrected chi connectivity index (χ1v) is 8.60. The molecule has 0 aliphatic heterocycles. The monoisotopic (exact) mass is 386 g/mol. The van der Waals surface area contributed by atoms with Gasteiger partial charge in [0.25, 0.3) is 0 Å². The Hall–Kier alpha value is -3.62. The van der Waals surface area contributed by atoms with E-state index in [1.165, 1.54) is 11.0 Å². The highest BCUT2D eigenvalue weighted by Gasteiger charge is 2.17. The summed E-state index contributed by atoms with van der Waals surface area (Å²) >= 11 is 0. The number of carbonyl (C=O) groups excluding carboxylic acids is 3. The molecule has 0 saturated heterocycles. The molecular formula is C19H22N4O5. The van der Waals surface area contributed by atoms with Crippen LogP contribution in [0.4, 0.5) is 16.3 Å². The van der Waals surface area contributed by atoms with Gasteiger partial charge in [0, 0.05) is 18.3 Å². The van der Waals surface area contributed by atoms with Crippen LogP contribution in [0.25, 0.3) is 0 Å². The predicted molar refractivity (Wildman–Crippen MR) is 103 cm³/mol. The molecule has 2 aromatic rings. The molecule has 1 aromatic carbocycles. The molecule has 9 nitrogen and oxygen atoms in total. The highest BCUT2D eigenvalue weighted by Crippen LogP contribution is 2.12. The Morgan fingerprint density at radius 2 is 1.96 bits per heavy atom. The van der Waals surface area contributed by atoms with Gasteiger partial charge < -0.3 is 24.8 Å². The molecule has 0 fully saturated rings. The zero-order valence-electron chi connectivity index (χ0n) is 15.7. The molecule has 0 saturated carbocycles. The molecular weight excluding hydrogens is 364 g/mol. The lowest BCUT2D eigenvalue weighted by Gasteiger charge is -2.21. The minimum Gasteiger partial charge on any atom is -0.462 e. The van der Waals surface area contributed by atoms with Crippen LogP contribution >= 0.6 is 0 Å².